The van der Waals surface area contributed by atoms with Gasteiger partial charge >= 0.3 is 11.9 Å². The maximum Gasteiger partial charge on any atom is 0.336 e. The third-order valence-electron chi connectivity index (χ3n) is 3.30. The fraction of sp³-hybridized carbons (Fsp3) is 0.556. The average Bonchev–Trinajstić information content (AvgIpc) is 2.66. The van der Waals surface area contributed by atoms with Gasteiger partial charge in [0.2, 0.25) is 0 Å². The summed E-state index contributed by atoms with van der Waals surface area (Å²) in [6.45, 7) is 0. The summed E-state index contributed by atoms with van der Waals surface area (Å²) in [7, 11) is 0. The van der Waals surface area contributed by atoms with Crippen LogP contribution in [-0.4, -0.2) is 16.8 Å². The Labute approximate surface area is 79.7 Å². The van der Waals surface area contributed by atoms with Gasteiger partial charge < -0.3 is 4.74 Å². The minimum atomic E-state index is -1.07. The molecule has 13 heavy (non-hydrogen) atoms. The maximum atomic E-state index is 11.4. The molecule has 0 radical (unpaired) electrons. The van der Waals surface area contributed by atoms with Crippen molar-refractivity contribution in [2.24, 2.45) is 17.8 Å². The lowest BCUT2D eigenvalue weighted by Gasteiger charge is -2.22. The van der Waals surface area contributed by atoms with Gasteiger partial charge in [-0.2, -0.15) is 0 Å². The molecule has 0 aromatic heterocycles. The average molecular weight is 199 g/mol. The molecule has 1 heterocycles. The third-order valence-corrected chi connectivity index (χ3v) is 3.97. The highest BCUT2D eigenvalue weighted by Gasteiger charge is 2.68. The van der Waals surface area contributed by atoms with E-state index in [1.54, 1.807) is 0 Å². The number of carbonyl (C=O) groups is 2. The highest BCUT2D eigenvalue weighted by molar-refractivity contribution is 6.38. The minimum absolute atomic E-state index is 0.0110. The zero-order chi connectivity index (χ0) is 9.22. The normalized spacial score (nSPS) is 51.3. The second-order valence-electron chi connectivity index (χ2n) is 3.85. The standard InChI is InChI=1S/C9H7ClO3/c10-9-5-2-1-4(3-5)6(9)7(11)13-8(9)12/h1-2,4-6H,3H2. The van der Waals surface area contributed by atoms with Crippen LogP contribution in [0.4, 0.5) is 0 Å². The largest absolute Gasteiger partial charge is 0.392 e. The number of hydrogen-bond donors (Lipinski definition) is 0. The van der Waals surface area contributed by atoms with Crippen LogP contribution in [0.1, 0.15) is 6.42 Å². The second-order valence-corrected chi connectivity index (χ2v) is 4.47. The Bertz CT molecular complexity index is 349. The summed E-state index contributed by atoms with van der Waals surface area (Å²) < 4.78 is 4.56. The van der Waals surface area contributed by atoms with E-state index in [0.717, 1.165) is 6.42 Å². The Morgan fingerprint density at radius 3 is 2.92 bits per heavy atom. The summed E-state index contributed by atoms with van der Waals surface area (Å²) >= 11 is 6.16. The SMILES string of the molecule is O=C1OC(=O)C2(Cl)C3C=CC(C3)C12. The lowest BCUT2D eigenvalue weighted by atomic mass is 9.84. The molecule has 3 nitrogen and oxygen atoms in total. The molecule has 4 unspecified atom stereocenters. The van der Waals surface area contributed by atoms with Gasteiger partial charge in [-0.3, -0.25) is 4.79 Å². The van der Waals surface area contributed by atoms with Crippen LogP contribution in [0.3, 0.4) is 0 Å². The molecule has 2 aliphatic carbocycles. The van der Waals surface area contributed by atoms with Crippen LogP contribution in [-0.2, 0) is 14.3 Å². The molecule has 0 aromatic carbocycles. The van der Waals surface area contributed by atoms with E-state index in [2.05, 4.69) is 4.74 Å². The first-order valence-electron chi connectivity index (χ1n) is 4.27. The van der Waals surface area contributed by atoms with Gasteiger partial charge in [0.1, 0.15) is 0 Å². The van der Waals surface area contributed by atoms with Crippen molar-refractivity contribution in [3.63, 3.8) is 0 Å². The van der Waals surface area contributed by atoms with E-state index in [0.29, 0.717) is 0 Å². The topological polar surface area (TPSA) is 43.4 Å². The molecule has 1 aliphatic heterocycles. The van der Waals surface area contributed by atoms with Crippen molar-refractivity contribution in [1.29, 1.82) is 0 Å². The zero-order valence-corrected chi connectivity index (χ0v) is 7.45. The van der Waals surface area contributed by atoms with Gasteiger partial charge in [0, 0.05) is 5.92 Å². The number of hydrogen-bond acceptors (Lipinski definition) is 3. The third kappa shape index (κ3) is 0.645. The van der Waals surface area contributed by atoms with Gasteiger partial charge in [-0.25, -0.2) is 4.79 Å². The number of cyclic esters (lactones) is 2. The van der Waals surface area contributed by atoms with Crippen LogP contribution in [0.2, 0.25) is 0 Å². The van der Waals surface area contributed by atoms with Crippen LogP contribution >= 0.6 is 11.6 Å². The molecule has 3 rings (SSSR count). The number of allylic oxidation sites excluding steroid dienone is 2. The second kappa shape index (κ2) is 1.98. The van der Waals surface area contributed by atoms with E-state index < -0.39 is 22.7 Å². The highest BCUT2D eigenvalue weighted by Crippen LogP contribution is 2.57. The van der Waals surface area contributed by atoms with Crippen LogP contribution in [0.25, 0.3) is 0 Å². The van der Waals surface area contributed by atoms with Crippen molar-refractivity contribution < 1.29 is 14.3 Å². The monoisotopic (exact) mass is 198 g/mol. The number of alkyl halides is 1. The number of esters is 2. The Morgan fingerprint density at radius 2 is 2.23 bits per heavy atom. The van der Waals surface area contributed by atoms with E-state index in [9.17, 15) is 9.59 Å². The predicted molar refractivity (Wildman–Crippen MR) is 43.9 cm³/mol. The molecule has 68 valence electrons. The molecule has 3 aliphatic rings. The van der Waals surface area contributed by atoms with Gasteiger partial charge in [-0.15, -0.1) is 11.6 Å². The molecular weight excluding hydrogens is 192 g/mol. The van der Waals surface area contributed by atoms with Crippen molar-refractivity contribution in [2.75, 3.05) is 0 Å². The Balaban J connectivity index is 2.17. The van der Waals surface area contributed by atoms with Gasteiger partial charge in [0.25, 0.3) is 0 Å². The van der Waals surface area contributed by atoms with Gasteiger partial charge in [-0.1, -0.05) is 12.2 Å². The van der Waals surface area contributed by atoms with Crippen LogP contribution < -0.4 is 0 Å². The van der Waals surface area contributed by atoms with Crippen LogP contribution in [0, 0.1) is 17.8 Å². The van der Waals surface area contributed by atoms with Gasteiger partial charge in [0.05, 0.1) is 5.92 Å². The zero-order valence-electron chi connectivity index (χ0n) is 6.70. The fourth-order valence-corrected chi connectivity index (χ4v) is 3.14. The van der Waals surface area contributed by atoms with Crippen molar-refractivity contribution >= 4 is 23.5 Å². The molecule has 4 heteroatoms. The van der Waals surface area contributed by atoms with Crippen LogP contribution in [0.5, 0.6) is 0 Å². The summed E-state index contributed by atoms with van der Waals surface area (Å²) in [5.41, 5.74) is 0. The molecule has 0 spiro atoms. The number of carbonyl (C=O) groups excluding carboxylic acids is 2. The van der Waals surface area contributed by atoms with Crippen molar-refractivity contribution in [3.05, 3.63) is 12.2 Å². The minimum Gasteiger partial charge on any atom is -0.392 e. The first-order chi connectivity index (χ1) is 6.14. The van der Waals surface area contributed by atoms with Crippen molar-refractivity contribution in [3.8, 4) is 0 Å². The molecule has 2 bridgehead atoms. The number of rotatable bonds is 0. The smallest absolute Gasteiger partial charge is 0.336 e. The number of fused-ring (bicyclic) bond motifs is 5. The number of ether oxygens (including phenoxy) is 1. The molecule has 4 atom stereocenters. The van der Waals surface area contributed by atoms with Crippen LogP contribution in [0.15, 0.2) is 12.2 Å². The molecule has 0 aromatic rings. The fourth-order valence-electron chi connectivity index (χ4n) is 2.69. The molecule has 1 saturated heterocycles. The quantitative estimate of drug-likeness (QED) is 0.251. The highest BCUT2D eigenvalue weighted by atomic mass is 35.5. The van der Waals surface area contributed by atoms with E-state index in [1.165, 1.54) is 0 Å². The molecule has 1 saturated carbocycles. The summed E-state index contributed by atoms with van der Waals surface area (Å²) in [6.07, 6.45) is 4.71. The Morgan fingerprint density at radius 1 is 1.46 bits per heavy atom. The van der Waals surface area contributed by atoms with Gasteiger partial charge in [0.15, 0.2) is 4.87 Å². The summed E-state index contributed by atoms with van der Waals surface area (Å²) in [6, 6.07) is 0. The van der Waals surface area contributed by atoms with Gasteiger partial charge in [-0.05, 0) is 12.3 Å². The first kappa shape index (κ1) is 7.56. The van der Waals surface area contributed by atoms with E-state index >= 15 is 0 Å². The predicted octanol–water partition coefficient (Wildman–Crippen LogP) is 0.869. The summed E-state index contributed by atoms with van der Waals surface area (Å²) in [5, 5.41) is 0. The Hall–Kier alpha value is -0.830. The first-order valence-corrected chi connectivity index (χ1v) is 4.65. The maximum absolute atomic E-state index is 11.4. The lowest BCUT2D eigenvalue weighted by molar-refractivity contribution is -0.154. The summed E-state index contributed by atoms with van der Waals surface area (Å²) in [5.74, 6) is -1.33. The van der Waals surface area contributed by atoms with Crippen molar-refractivity contribution in [1.82, 2.24) is 0 Å². The molecule has 0 N–H and O–H groups in total. The lowest BCUT2D eigenvalue weighted by Crippen LogP contribution is -2.39. The molecule has 0 amide bonds. The Kier molecular flexibility index (Phi) is 1.15. The van der Waals surface area contributed by atoms with E-state index in [-0.39, 0.29) is 11.8 Å². The molecular formula is C9H7ClO3. The van der Waals surface area contributed by atoms with E-state index in [1.807, 2.05) is 12.2 Å². The summed E-state index contributed by atoms with van der Waals surface area (Å²) in [4.78, 5) is 21.6. The number of halogens is 1. The molecule has 2 fully saturated rings. The van der Waals surface area contributed by atoms with Crippen molar-refractivity contribution in [2.45, 2.75) is 11.3 Å². The van der Waals surface area contributed by atoms with E-state index in [4.69, 9.17) is 11.6 Å².